The second-order valence-electron chi connectivity index (χ2n) is 6.96. The van der Waals surface area contributed by atoms with Crippen LogP contribution in [0.25, 0.3) is 11.1 Å². The number of anilines is 2. The molecule has 0 unspecified atom stereocenters. The van der Waals surface area contributed by atoms with E-state index in [0.29, 0.717) is 6.42 Å². The fourth-order valence-corrected chi connectivity index (χ4v) is 3.97. The number of hydrogen-bond donors (Lipinski definition) is 1. The molecule has 4 aromatic rings. The maximum atomic E-state index is 13.3. The van der Waals surface area contributed by atoms with Crippen LogP contribution >= 0.6 is 11.3 Å². The van der Waals surface area contributed by atoms with Gasteiger partial charge in [0.05, 0.1) is 11.7 Å². The molecule has 1 atom stereocenters. The zero-order chi connectivity index (χ0) is 20.8. The van der Waals surface area contributed by atoms with Crippen LogP contribution in [0.2, 0.25) is 0 Å². The molecule has 150 valence electrons. The van der Waals surface area contributed by atoms with Crippen molar-refractivity contribution in [3.63, 3.8) is 0 Å². The Balaban J connectivity index is 1.57. The Morgan fingerprint density at radius 2 is 1.80 bits per heavy atom. The summed E-state index contributed by atoms with van der Waals surface area (Å²) in [4.78, 5) is 23.5. The minimum Gasteiger partial charge on any atom is -0.353 e. The van der Waals surface area contributed by atoms with Gasteiger partial charge < -0.3 is 10.2 Å². The third-order valence-electron chi connectivity index (χ3n) is 4.95. The number of hydrogen-bond acceptors (Lipinski definition) is 5. The average molecular weight is 415 g/mol. The molecule has 4 rings (SSSR count). The van der Waals surface area contributed by atoms with E-state index in [0.717, 1.165) is 27.4 Å². The Hall–Kier alpha value is -3.51. The smallest absolute Gasteiger partial charge is 0.247 e. The lowest BCUT2D eigenvalue weighted by Gasteiger charge is -2.27. The molecule has 1 amide bonds. The minimum atomic E-state index is -0.363. The van der Waals surface area contributed by atoms with Crippen molar-refractivity contribution < 1.29 is 4.79 Å². The van der Waals surface area contributed by atoms with Crippen LogP contribution in [0.5, 0.6) is 0 Å². The van der Waals surface area contributed by atoms with Gasteiger partial charge in [0.15, 0.2) is 0 Å². The second-order valence-corrected chi connectivity index (χ2v) is 7.83. The van der Waals surface area contributed by atoms with Gasteiger partial charge in [-0.3, -0.25) is 14.8 Å². The molecule has 0 aliphatic heterocycles. The molecule has 0 fully saturated rings. The highest BCUT2D eigenvalue weighted by atomic mass is 32.1. The van der Waals surface area contributed by atoms with Gasteiger partial charge in [-0.15, -0.1) is 11.3 Å². The fraction of sp³-hybridized carbons (Fsp3) is 0.125. The van der Waals surface area contributed by atoms with Crippen LogP contribution in [0.4, 0.5) is 10.7 Å². The number of carbonyl (C=O) groups is 1. The number of thiazole rings is 1. The molecule has 30 heavy (non-hydrogen) atoms. The van der Waals surface area contributed by atoms with E-state index in [9.17, 15) is 4.79 Å². The lowest BCUT2D eigenvalue weighted by atomic mass is 10.0. The summed E-state index contributed by atoms with van der Waals surface area (Å²) in [6.45, 7) is 0. The molecule has 2 heterocycles. The molecule has 6 heteroatoms. The first kappa shape index (κ1) is 19.8. The van der Waals surface area contributed by atoms with Crippen molar-refractivity contribution in [2.75, 3.05) is 17.3 Å². The van der Waals surface area contributed by atoms with Gasteiger partial charge in [0, 0.05) is 31.5 Å². The zero-order valence-corrected chi connectivity index (χ0v) is 17.4. The van der Waals surface area contributed by atoms with Gasteiger partial charge in [-0.05, 0) is 41.0 Å². The first-order valence-electron chi connectivity index (χ1n) is 9.67. The number of nitrogens with one attached hydrogen (secondary N) is 1. The number of likely N-dealkylation sites (N-methyl/N-ethyl adjacent to an activating group) is 1. The molecule has 0 saturated carbocycles. The number of aromatic nitrogens is 2. The molecule has 1 N–H and O–H groups in total. The summed E-state index contributed by atoms with van der Waals surface area (Å²) in [6, 6.07) is 21.5. The highest BCUT2D eigenvalue weighted by Crippen LogP contribution is 2.25. The van der Waals surface area contributed by atoms with Gasteiger partial charge in [-0.1, -0.05) is 42.5 Å². The van der Waals surface area contributed by atoms with Crippen LogP contribution in [-0.4, -0.2) is 29.0 Å². The number of amides is 1. The van der Waals surface area contributed by atoms with Crippen molar-refractivity contribution in [3.05, 3.63) is 96.4 Å². The SMILES string of the molecule is CN(c1cncs1)[C@H](Cc1ccccc1)C(=O)Nc1cccc(-c2ccncc2)c1. The predicted molar refractivity (Wildman–Crippen MR) is 123 cm³/mol. The van der Waals surface area contributed by atoms with E-state index in [1.807, 2.05) is 78.7 Å². The van der Waals surface area contributed by atoms with E-state index in [-0.39, 0.29) is 11.9 Å². The molecule has 0 spiro atoms. The van der Waals surface area contributed by atoms with Gasteiger partial charge in [0.2, 0.25) is 5.91 Å². The highest BCUT2D eigenvalue weighted by Gasteiger charge is 2.25. The Labute approximate surface area is 180 Å². The maximum Gasteiger partial charge on any atom is 0.247 e. The van der Waals surface area contributed by atoms with Crippen molar-refractivity contribution in [1.82, 2.24) is 9.97 Å². The fourth-order valence-electron chi connectivity index (χ4n) is 3.33. The summed E-state index contributed by atoms with van der Waals surface area (Å²) in [7, 11) is 1.94. The second kappa shape index (κ2) is 9.33. The van der Waals surface area contributed by atoms with Crippen LogP contribution in [0.1, 0.15) is 5.56 Å². The summed E-state index contributed by atoms with van der Waals surface area (Å²) < 4.78 is 0. The normalized spacial score (nSPS) is 11.6. The van der Waals surface area contributed by atoms with E-state index in [4.69, 9.17) is 0 Å². The van der Waals surface area contributed by atoms with E-state index in [1.54, 1.807) is 24.1 Å². The van der Waals surface area contributed by atoms with Crippen molar-refractivity contribution in [3.8, 4) is 11.1 Å². The van der Waals surface area contributed by atoms with E-state index < -0.39 is 0 Å². The van der Waals surface area contributed by atoms with Crippen molar-refractivity contribution >= 4 is 27.9 Å². The van der Waals surface area contributed by atoms with Crippen molar-refractivity contribution in [1.29, 1.82) is 0 Å². The molecule has 2 aromatic heterocycles. The monoisotopic (exact) mass is 414 g/mol. The summed E-state index contributed by atoms with van der Waals surface area (Å²) in [6.07, 6.45) is 5.92. The number of rotatable bonds is 7. The molecule has 0 radical (unpaired) electrons. The molecule has 5 nitrogen and oxygen atoms in total. The van der Waals surface area contributed by atoms with Gasteiger partial charge >= 0.3 is 0 Å². The summed E-state index contributed by atoms with van der Waals surface area (Å²) in [5.41, 5.74) is 5.75. The Bertz CT molecular complexity index is 1080. The van der Waals surface area contributed by atoms with Gasteiger partial charge in [-0.25, -0.2) is 0 Å². The lowest BCUT2D eigenvalue weighted by molar-refractivity contribution is -0.117. The largest absolute Gasteiger partial charge is 0.353 e. The lowest BCUT2D eigenvalue weighted by Crippen LogP contribution is -2.43. The predicted octanol–water partition coefficient (Wildman–Crippen LogP) is 4.89. The van der Waals surface area contributed by atoms with Crippen molar-refractivity contribution in [2.45, 2.75) is 12.5 Å². The minimum absolute atomic E-state index is 0.0540. The third-order valence-corrected chi connectivity index (χ3v) is 5.81. The molecular weight excluding hydrogens is 392 g/mol. The van der Waals surface area contributed by atoms with Crippen LogP contribution in [0.15, 0.2) is 90.8 Å². The van der Waals surface area contributed by atoms with E-state index in [1.165, 1.54) is 11.3 Å². The number of benzene rings is 2. The van der Waals surface area contributed by atoms with E-state index >= 15 is 0 Å². The molecule has 0 aliphatic rings. The summed E-state index contributed by atoms with van der Waals surface area (Å²) in [5.74, 6) is -0.0540. The van der Waals surface area contributed by atoms with Gasteiger partial charge in [0.25, 0.3) is 0 Å². The number of pyridine rings is 1. The Morgan fingerprint density at radius 1 is 1.00 bits per heavy atom. The average Bonchev–Trinajstić information content (AvgIpc) is 3.33. The standard InChI is InChI=1S/C24H22N4OS/c1-28(23-16-26-17-30-23)22(14-18-6-3-2-4-7-18)24(29)27-21-9-5-8-20(15-21)19-10-12-25-13-11-19/h2-13,15-17,22H,14H2,1H3,(H,27,29)/t22-/m1/s1. The Kier molecular flexibility index (Phi) is 6.15. The quantitative estimate of drug-likeness (QED) is 0.468. The molecule has 0 bridgehead atoms. The van der Waals surface area contributed by atoms with E-state index in [2.05, 4.69) is 15.3 Å². The topological polar surface area (TPSA) is 58.1 Å². The van der Waals surface area contributed by atoms with Crippen LogP contribution < -0.4 is 10.2 Å². The molecule has 2 aromatic carbocycles. The number of nitrogens with zero attached hydrogens (tertiary/aromatic N) is 3. The first-order valence-corrected chi connectivity index (χ1v) is 10.6. The summed E-state index contributed by atoms with van der Waals surface area (Å²) >= 11 is 1.52. The number of carbonyl (C=O) groups excluding carboxylic acids is 1. The molecule has 0 aliphatic carbocycles. The first-order chi connectivity index (χ1) is 14.7. The van der Waals surface area contributed by atoms with Gasteiger partial charge in [0.1, 0.15) is 11.0 Å². The van der Waals surface area contributed by atoms with Crippen LogP contribution in [-0.2, 0) is 11.2 Å². The highest BCUT2D eigenvalue weighted by molar-refractivity contribution is 7.13. The molecule has 0 saturated heterocycles. The van der Waals surface area contributed by atoms with Crippen LogP contribution in [0, 0.1) is 0 Å². The maximum absolute atomic E-state index is 13.3. The molecular formula is C24H22N4OS. The van der Waals surface area contributed by atoms with Crippen molar-refractivity contribution in [2.24, 2.45) is 0 Å². The third kappa shape index (κ3) is 4.72. The summed E-state index contributed by atoms with van der Waals surface area (Å²) in [5, 5.41) is 4.06. The zero-order valence-electron chi connectivity index (χ0n) is 16.6. The van der Waals surface area contributed by atoms with Crippen LogP contribution in [0.3, 0.4) is 0 Å². The van der Waals surface area contributed by atoms with Gasteiger partial charge in [-0.2, -0.15) is 0 Å². The Morgan fingerprint density at radius 3 is 2.53 bits per heavy atom.